The molecular formula is C17H20ClN3O3. The van der Waals surface area contributed by atoms with Gasteiger partial charge in [0.05, 0.1) is 13.7 Å². The summed E-state index contributed by atoms with van der Waals surface area (Å²) in [5.74, 6) is 1.80. The van der Waals surface area contributed by atoms with Crippen molar-refractivity contribution in [3.8, 4) is 11.5 Å². The summed E-state index contributed by atoms with van der Waals surface area (Å²) in [7, 11) is 1.60. The van der Waals surface area contributed by atoms with E-state index in [1.807, 2.05) is 25.1 Å². The van der Waals surface area contributed by atoms with Crippen LogP contribution in [0.3, 0.4) is 0 Å². The van der Waals surface area contributed by atoms with E-state index in [0.29, 0.717) is 41.9 Å². The molecular weight excluding hydrogens is 330 g/mol. The minimum atomic E-state index is -0.331. The van der Waals surface area contributed by atoms with Crippen LogP contribution in [0.5, 0.6) is 11.5 Å². The first-order chi connectivity index (χ1) is 11.6. The van der Waals surface area contributed by atoms with E-state index in [4.69, 9.17) is 21.1 Å². The van der Waals surface area contributed by atoms with Gasteiger partial charge < -0.3 is 14.8 Å². The zero-order chi connectivity index (χ0) is 17.4. The second kappa shape index (κ2) is 8.98. The molecule has 0 spiro atoms. The van der Waals surface area contributed by atoms with Gasteiger partial charge in [0, 0.05) is 17.8 Å². The van der Waals surface area contributed by atoms with E-state index in [1.54, 1.807) is 19.2 Å². The van der Waals surface area contributed by atoms with Crippen molar-refractivity contribution in [1.82, 2.24) is 10.3 Å². The number of hydrogen-bond donors (Lipinski definition) is 2. The number of carbonyl (C=O) groups is 1. The van der Waals surface area contributed by atoms with Crippen LogP contribution in [-0.4, -0.2) is 31.3 Å². The molecule has 0 saturated heterocycles. The van der Waals surface area contributed by atoms with Gasteiger partial charge in [0.1, 0.15) is 5.82 Å². The number of pyridine rings is 1. The summed E-state index contributed by atoms with van der Waals surface area (Å²) in [5.41, 5.74) is 1.04. The van der Waals surface area contributed by atoms with E-state index in [0.717, 1.165) is 5.56 Å². The highest BCUT2D eigenvalue weighted by molar-refractivity contribution is 6.30. The maximum absolute atomic E-state index is 11.8. The van der Waals surface area contributed by atoms with Crippen LogP contribution in [0.2, 0.25) is 5.02 Å². The fourth-order valence-electron chi connectivity index (χ4n) is 2.10. The Morgan fingerprint density at radius 2 is 2.08 bits per heavy atom. The summed E-state index contributed by atoms with van der Waals surface area (Å²) in [5, 5.41) is 5.91. The SMILES string of the molecule is CCOc1ccc(CCNC(=O)Nc2cc(Cl)ccn2)cc1OC. The molecule has 0 aliphatic heterocycles. The predicted molar refractivity (Wildman–Crippen MR) is 94.1 cm³/mol. The Hall–Kier alpha value is -2.47. The highest BCUT2D eigenvalue weighted by Gasteiger charge is 2.06. The first-order valence-electron chi connectivity index (χ1n) is 7.58. The third-order valence-electron chi connectivity index (χ3n) is 3.19. The molecule has 1 heterocycles. The molecule has 6 nitrogen and oxygen atoms in total. The van der Waals surface area contributed by atoms with Gasteiger partial charge in [-0.1, -0.05) is 17.7 Å². The van der Waals surface area contributed by atoms with E-state index < -0.39 is 0 Å². The predicted octanol–water partition coefficient (Wildman–Crippen LogP) is 3.51. The molecule has 0 bridgehead atoms. The fourth-order valence-corrected chi connectivity index (χ4v) is 2.26. The van der Waals surface area contributed by atoms with Crippen LogP contribution in [0.25, 0.3) is 0 Å². The molecule has 0 saturated carbocycles. The number of hydrogen-bond acceptors (Lipinski definition) is 4. The van der Waals surface area contributed by atoms with Crippen molar-refractivity contribution < 1.29 is 14.3 Å². The Kier molecular flexibility index (Phi) is 6.69. The summed E-state index contributed by atoms with van der Waals surface area (Å²) in [4.78, 5) is 15.8. The van der Waals surface area contributed by atoms with Gasteiger partial charge >= 0.3 is 6.03 Å². The van der Waals surface area contributed by atoms with Gasteiger partial charge in [-0.15, -0.1) is 0 Å². The van der Waals surface area contributed by atoms with Crippen LogP contribution in [0.1, 0.15) is 12.5 Å². The molecule has 2 rings (SSSR count). The molecule has 7 heteroatoms. The molecule has 1 aromatic carbocycles. The van der Waals surface area contributed by atoms with E-state index in [-0.39, 0.29) is 6.03 Å². The highest BCUT2D eigenvalue weighted by Crippen LogP contribution is 2.28. The van der Waals surface area contributed by atoms with Gasteiger partial charge in [-0.25, -0.2) is 9.78 Å². The lowest BCUT2D eigenvalue weighted by atomic mass is 10.1. The summed E-state index contributed by atoms with van der Waals surface area (Å²) in [6.07, 6.45) is 2.20. The molecule has 0 aliphatic carbocycles. The second-order valence-electron chi connectivity index (χ2n) is 4.91. The first-order valence-corrected chi connectivity index (χ1v) is 7.96. The topological polar surface area (TPSA) is 72.5 Å². The third kappa shape index (κ3) is 5.31. The Labute approximate surface area is 146 Å². The molecule has 1 aromatic heterocycles. The molecule has 0 unspecified atom stereocenters. The van der Waals surface area contributed by atoms with Gasteiger partial charge in [0.25, 0.3) is 0 Å². The molecule has 2 aromatic rings. The van der Waals surface area contributed by atoms with Crippen molar-refractivity contribution in [3.05, 3.63) is 47.1 Å². The number of halogens is 1. The second-order valence-corrected chi connectivity index (χ2v) is 5.34. The Balaban J connectivity index is 1.84. The maximum Gasteiger partial charge on any atom is 0.320 e. The van der Waals surface area contributed by atoms with Gasteiger partial charge in [0.15, 0.2) is 11.5 Å². The average Bonchev–Trinajstić information content (AvgIpc) is 2.56. The minimum absolute atomic E-state index is 0.331. The molecule has 2 amide bonds. The van der Waals surface area contributed by atoms with E-state index in [2.05, 4.69) is 15.6 Å². The smallest absolute Gasteiger partial charge is 0.320 e. The van der Waals surface area contributed by atoms with Crippen molar-refractivity contribution >= 4 is 23.4 Å². The maximum atomic E-state index is 11.8. The zero-order valence-corrected chi connectivity index (χ0v) is 14.4. The number of urea groups is 1. The number of benzene rings is 1. The molecule has 24 heavy (non-hydrogen) atoms. The van der Waals surface area contributed by atoms with Gasteiger partial charge in [0.2, 0.25) is 0 Å². The van der Waals surface area contributed by atoms with Crippen LogP contribution >= 0.6 is 11.6 Å². The van der Waals surface area contributed by atoms with Gasteiger partial charge in [-0.2, -0.15) is 0 Å². The van der Waals surface area contributed by atoms with Crippen LogP contribution < -0.4 is 20.1 Å². The number of anilines is 1. The summed E-state index contributed by atoms with van der Waals surface area (Å²) < 4.78 is 10.8. The third-order valence-corrected chi connectivity index (χ3v) is 3.43. The van der Waals surface area contributed by atoms with Crippen molar-refractivity contribution in [1.29, 1.82) is 0 Å². The molecule has 0 atom stereocenters. The zero-order valence-electron chi connectivity index (χ0n) is 13.6. The molecule has 0 aliphatic rings. The molecule has 2 N–H and O–H groups in total. The first kappa shape index (κ1) is 17.9. The monoisotopic (exact) mass is 349 g/mol. The molecule has 128 valence electrons. The van der Waals surface area contributed by atoms with Crippen molar-refractivity contribution in [2.75, 3.05) is 25.6 Å². The van der Waals surface area contributed by atoms with Crippen molar-refractivity contribution in [3.63, 3.8) is 0 Å². The summed E-state index contributed by atoms with van der Waals surface area (Å²) >= 11 is 5.84. The average molecular weight is 350 g/mol. The number of nitrogens with one attached hydrogen (secondary N) is 2. The lowest BCUT2D eigenvalue weighted by Gasteiger charge is -2.11. The Morgan fingerprint density at radius 1 is 1.25 bits per heavy atom. The van der Waals surface area contributed by atoms with Crippen molar-refractivity contribution in [2.45, 2.75) is 13.3 Å². The van der Waals surface area contributed by atoms with E-state index in [1.165, 1.54) is 6.20 Å². The number of carbonyl (C=O) groups excluding carboxylic acids is 1. The Bertz CT molecular complexity index is 695. The van der Waals surface area contributed by atoms with Crippen molar-refractivity contribution in [2.24, 2.45) is 0 Å². The quantitative estimate of drug-likeness (QED) is 0.802. The lowest BCUT2D eigenvalue weighted by Crippen LogP contribution is -2.30. The highest BCUT2D eigenvalue weighted by atomic mass is 35.5. The number of nitrogens with zero attached hydrogens (tertiary/aromatic N) is 1. The fraction of sp³-hybridized carbons (Fsp3) is 0.294. The summed E-state index contributed by atoms with van der Waals surface area (Å²) in [6.45, 7) is 2.98. The van der Waals surface area contributed by atoms with Gasteiger partial charge in [-0.05, 0) is 43.2 Å². The largest absolute Gasteiger partial charge is 0.493 e. The van der Waals surface area contributed by atoms with Crippen LogP contribution in [0.15, 0.2) is 36.5 Å². The lowest BCUT2D eigenvalue weighted by molar-refractivity contribution is 0.252. The molecule has 0 fully saturated rings. The number of amides is 2. The van der Waals surface area contributed by atoms with Crippen LogP contribution in [0, 0.1) is 0 Å². The normalized spacial score (nSPS) is 10.1. The van der Waals surface area contributed by atoms with Crippen LogP contribution in [-0.2, 0) is 6.42 Å². The number of methoxy groups -OCH3 is 1. The standard InChI is InChI=1S/C17H20ClN3O3/c1-3-24-14-5-4-12(10-15(14)23-2)6-8-20-17(22)21-16-11-13(18)7-9-19-16/h4-5,7,9-11H,3,6,8H2,1-2H3,(H2,19,20,21,22). The summed E-state index contributed by atoms with van der Waals surface area (Å²) in [6, 6.07) is 8.62. The number of aromatic nitrogens is 1. The van der Waals surface area contributed by atoms with Crippen LogP contribution in [0.4, 0.5) is 10.6 Å². The van der Waals surface area contributed by atoms with Gasteiger partial charge in [-0.3, -0.25) is 5.32 Å². The minimum Gasteiger partial charge on any atom is -0.493 e. The Morgan fingerprint density at radius 3 is 2.79 bits per heavy atom. The number of rotatable bonds is 7. The van der Waals surface area contributed by atoms with E-state index in [9.17, 15) is 4.79 Å². The number of ether oxygens (including phenoxy) is 2. The molecule has 0 radical (unpaired) electrons. The van der Waals surface area contributed by atoms with E-state index >= 15 is 0 Å².